The monoisotopic (exact) mass is 384 g/mol. The summed E-state index contributed by atoms with van der Waals surface area (Å²) < 4.78 is 24.4. The largest absolute Gasteiger partial charge is 0.454 e. The summed E-state index contributed by atoms with van der Waals surface area (Å²) in [5.74, 6) is 1.59. The van der Waals surface area contributed by atoms with Crippen molar-refractivity contribution in [3.05, 3.63) is 59.4 Å². The smallest absolute Gasteiger partial charge is 0.231 e. The third kappa shape index (κ3) is 4.44. The van der Waals surface area contributed by atoms with Gasteiger partial charge in [0, 0.05) is 39.1 Å². The summed E-state index contributed by atoms with van der Waals surface area (Å²) in [5.41, 5.74) is 1.87. The van der Waals surface area contributed by atoms with Gasteiger partial charge >= 0.3 is 0 Å². The predicted octanol–water partition coefficient (Wildman–Crippen LogP) is 3.22. The van der Waals surface area contributed by atoms with Crippen LogP contribution in [0, 0.1) is 5.82 Å². The molecule has 2 aromatic carbocycles. The molecule has 0 aliphatic carbocycles. The van der Waals surface area contributed by atoms with Gasteiger partial charge in [0.05, 0.1) is 0 Å². The molecule has 5 nitrogen and oxygen atoms in total. The van der Waals surface area contributed by atoms with Crippen molar-refractivity contribution >= 4 is 5.91 Å². The Morgan fingerprint density at radius 1 is 1.00 bits per heavy atom. The zero-order chi connectivity index (χ0) is 19.3. The molecule has 148 valence electrons. The SMILES string of the molecule is O=C(CCCc1ccccc1F)N1CCN(Cc2ccc3c(c2)OCO3)CC1. The molecule has 2 aliphatic heterocycles. The average Bonchev–Trinajstić information content (AvgIpc) is 3.18. The number of ether oxygens (including phenoxy) is 2. The molecule has 1 saturated heterocycles. The van der Waals surface area contributed by atoms with Gasteiger partial charge in [0.15, 0.2) is 11.5 Å². The number of carbonyl (C=O) groups is 1. The van der Waals surface area contributed by atoms with E-state index in [1.165, 1.54) is 11.6 Å². The quantitative estimate of drug-likeness (QED) is 0.767. The standard InChI is InChI=1S/C22H25FN2O3/c23-19-6-2-1-4-18(19)5-3-7-22(26)25-12-10-24(11-13-25)15-17-8-9-20-21(14-17)28-16-27-20/h1-2,4,6,8-9,14H,3,5,7,10-13,15-16H2. The van der Waals surface area contributed by atoms with Crippen LogP contribution in [-0.4, -0.2) is 48.7 Å². The van der Waals surface area contributed by atoms with Crippen molar-refractivity contribution in [3.8, 4) is 11.5 Å². The fraction of sp³-hybridized carbons (Fsp3) is 0.409. The van der Waals surface area contributed by atoms with Gasteiger partial charge in [0.2, 0.25) is 12.7 Å². The number of hydrogen-bond acceptors (Lipinski definition) is 4. The van der Waals surface area contributed by atoms with E-state index >= 15 is 0 Å². The van der Waals surface area contributed by atoms with Crippen LogP contribution in [0.1, 0.15) is 24.0 Å². The Morgan fingerprint density at radius 2 is 1.79 bits per heavy atom. The highest BCUT2D eigenvalue weighted by molar-refractivity contribution is 5.76. The molecule has 6 heteroatoms. The van der Waals surface area contributed by atoms with E-state index in [0.717, 1.165) is 44.2 Å². The molecule has 1 fully saturated rings. The lowest BCUT2D eigenvalue weighted by Gasteiger charge is -2.34. The molecular weight excluding hydrogens is 359 g/mol. The predicted molar refractivity (Wildman–Crippen MR) is 104 cm³/mol. The van der Waals surface area contributed by atoms with E-state index in [1.54, 1.807) is 12.1 Å². The molecule has 2 aromatic rings. The number of halogens is 1. The molecule has 2 aliphatic rings. The molecule has 0 N–H and O–H groups in total. The van der Waals surface area contributed by atoms with Crippen LogP contribution in [0.2, 0.25) is 0 Å². The Kier molecular flexibility index (Phi) is 5.76. The molecule has 0 saturated carbocycles. The highest BCUT2D eigenvalue weighted by Crippen LogP contribution is 2.32. The second-order valence-electron chi connectivity index (χ2n) is 7.29. The van der Waals surface area contributed by atoms with Gasteiger partial charge in [0.25, 0.3) is 0 Å². The number of amides is 1. The molecule has 0 spiro atoms. The average molecular weight is 384 g/mol. The van der Waals surface area contributed by atoms with Gasteiger partial charge in [-0.3, -0.25) is 9.69 Å². The van der Waals surface area contributed by atoms with E-state index in [4.69, 9.17) is 9.47 Å². The highest BCUT2D eigenvalue weighted by atomic mass is 19.1. The van der Waals surface area contributed by atoms with Crippen LogP contribution in [0.3, 0.4) is 0 Å². The number of piperazine rings is 1. The Labute approximate surface area is 164 Å². The summed E-state index contributed by atoms with van der Waals surface area (Å²) >= 11 is 0. The highest BCUT2D eigenvalue weighted by Gasteiger charge is 2.21. The maximum absolute atomic E-state index is 13.6. The van der Waals surface area contributed by atoms with Crippen molar-refractivity contribution in [2.75, 3.05) is 33.0 Å². The molecule has 4 rings (SSSR count). The summed E-state index contributed by atoms with van der Waals surface area (Å²) in [7, 11) is 0. The lowest BCUT2D eigenvalue weighted by molar-refractivity contribution is -0.133. The third-order valence-corrected chi connectivity index (χ3v) is 5.36. The minimum Gasteiger partial charge on any atom is -0.454 e. The number of aryl methyl sites for hydroxylation is 1. The van der Waals surface area contributed by atoms with E-state index in [2.05, 4.69) is 11.0 Å². The first kappa shape index (κ1) is 18.7. The molecule has 1 amide bonds. The van der Waals surface area contributed by atoms with Crippen molar-refractivity contribution in [1.29, 1.82) is 0 Å². The zero-order valence-electron chi connectivity index (χ0n) is 15.9. The number of rotatable bonds is 6. The number of carbonyl (C=O) groups excluding carboxylic acids is 1. The van der Waals surface area contributed by atoms with Crippen molar-refractivity contribution in [2.24, 2.45) is 0 Å². The minimum atomic E-state index is -0.188. The van der Waals surface area contributed by atoms with Gasteiger partial charge < -0.3 is 14.4 Å². The zero-order valence-corrected chi connectivity index (χ0v) is 15.9. The first-order chi connectivity index (χ1) is 13.7. The maximum atomic E-state index is 13.6. The van der Waals surface area contributed by atoms with E-state index in [-0.39, 0.29) is 18.5 Å². The first-order valence-electron chi connectivity index (χ1n) is 9.81. The summed E-state index contributed by atoms with van der Waals surface area (Å²) in [6, 6.07) is 12.8. The van der Waals surface area contributed by atoms with Crippen LogP contribution in [0.5, 0.6) is 11.5 Å². The minimum absolute atomic E-state index is 0.166. The lowest BCUT2D eigenvalue weighted by Crippen LogP contribution is -2.48. The molecule has 28 heavy (non-hydrogen) atoms. The van der Waals surface area contributed by atoms with Crippen molar-refractivity contribution < 1.29 is 18.7 Å². The topological polar surface area (TPSA) is 42.0 Å². The molecule has 2 heterocycles. The summed E-state index contributed by atoms with van der Waals surface area (Å²) in [6.07, 6.45) is 1.75. The van der Waals surface area contributed by atoms with Crippen molar-refractivity contribution in [3.63, 3.8) is 0 Å². The number of benzene rings is 2. The Morgan fingerprint density at radius 3 is 2.61 bits per heavy atom. The fourth-order valence-corrected chi connectivity index (χ4v) is 3.74. The maximum Gasteiger partial charge on any atom is 0.231 e. The lowest BCUT2D eigenvalue weighted by atomic mass is 10.1. The second-order valence-corrected chi connectivity index (χ2v) is 7.29. The van der Waals surface area contributed by atoms with E-state index in [0.29, 0.717) is 24.8 Å². The van der Waals surface area contributed by atoms with Gasteiger partial charge in [-0.15, -0.1) is 0 Å². The summed E-state index contributed by atoms with van der Waals surface area (Å²) in [6.45, 7) is 4.32. The molecule has 0 bridgehead atoms. The molecule has 0 atom stereocenters. The molecule has 0 unspecified atom stereocenters. The molecule has 0 radical (unpaired) electrons. The summed E-state index contributed by atoms with van der Waals surface area (Å²) in [4.78, 5) is 16.7. The van der Waals surface area contributed by atoms with Gasteiger partial charge in [0.1, 0.15) is 5.82 Å². The number of hydrogen-bond donors (Lipinski definition) is 0. The van der Waals surface area contributed by atoms with Crippen molar-refractivity contribution in [2.45, 2.75) is 25.8 Å². The van der Waals surface area contributed by atoms with Crippen LogP contribution < -0.4 is 9.47 Å². The Bertz CT molecular complexity index is 834. The normalized spacial score (nSPS) is 16.4. The van der Waals surface area contributed by atoms with E-state index in [9.17, 15) is 9.18 Å². The second kappa shape index (κ2) is 8.61. The fourth-order valence-electron chi connectivity index (χ4n) is 3.74. The molecule has 0 aromatic heterocycles. The first-order valence-corrected chi connectivity index (χ1v) is 9.81. The van der Waals surface area contributed by atoms with Crippen LogP contribution >= 0.6 is 0 Å². The van der Waals surface area contributed by atoms with Crippen molar-refractivity contribution in [1.82, 2.24) is 9.80 Å². The Balaban J connectivity index is 1.20. The van der Waals surface area contributed by atoms with Crippen LogP contribution in [-0.2, 0) is 17.8 Å². The van der Waals surface area contributed by atoms with E-state index in [1.807, 2.05) is 23.1 Å². The third-order valence-electron chi connectivity index (χ3n) is 5.36. The van der Waals surface area contributed by atoms with Gasteiger partial charge in [-0.25, -0.2) is 4.39 Å². The van der Waals surface area contributed by atoms with E-state index < -0.39 is 0 Å². The number of nitrogens with zero attached hydrogens (tertiary/aromatic N) is 2. The Hall–Kier alpha value is -2.60. The molecular formula is C22H25FN2O3. The van der Waals surface area contributed by atoms with Gasteiger partial charge in [-0.2, -0.15) is 0 Å². The van der Waals surface area contributed by atoms with Crippen LogP contribution in [0.25, 0.3) is 0 Å². The van der Waals surface area contributed by atoms with Crippen LogP contribution in [0.4, 0.5) is 4.39 Å². The van der Waals surface area contributed by atoms with Gasteiger partial charge in [-0.05, 0) is 42.2 Å². The summed E-state index contributed by atoms with van der Waals surface area (Å²) in [5, 5.41) is 0. The van der Waals surface area contributed by atoms with Crippen LogP contribution in [0.15, 0.2) is 42.5 Å². The number of fused-ring (bicyclic) bond motifs is 1. The van der Waals surface area contributed by atoms with Gasteiger partial charge in [-0.1, -0.05) is 24.3 Å².